The molecule has 1 aromatic rings. The molecule has 0 atom stereocenters. The fraction of sp³-hybridized carbons (Fsp3) is 0.467. The smallest absolute Gasteiger partial charge is 0.319 e. The van der Waals surface area contributed by atoms with Crippen LogP contribution >= 0.6 is 11.6 Å². The number of carbonyl (C=O) groups excluding carboxylic acids is 1. The summed E-state index contributed by atoms with van der Waals surface area (Å²) in [5, 5.41) is 14.9. The Morgan fingerprint density at radius 2 is 1.95 bits per heavy atom. The Kier molecular flexibility index (Phi) is 5.49. The van der Waals surface area contributed by atoms with E-state index in [-0.39, 0.29) is 18.0 Å². The lowest BCUT2D eigenvalue weighted by atomic mass is 9.86. The van der Waals surface area contributed by atoms with Gasteiger partial charge < -0.3 is 20.5 Å². The van der Waals surface area contributed by atoms with E-state index in [1.165, 1.54) is 7.11 Å². The van der Waals surface area contributed by atoms with Crippen molar-refractivity contribution in [3.63, 3.8) is 0 Å². The molecule has 3 N–H and O–H groups in total. The molecule has 0 saturated heterocycles. The van der Waals surface area contributed by atoms with E-state index in [0.717, 1.165) is 0 Å². The number of halogens is 1. The third-order valence-corrected chi connectivity index (χ3v) is 4.12. The summed E-state index contributed by atoms with van der Waals surface area (Å²) in [5.41, 5.74) is 0.572. The first-order valence-electron chi connectivity index (χ1n) is 7.13. The predicted octanol–water partition coefficient (Wildman–Crippen LogP) is 3.11. The van der Waals surface area contributed by atoms with E-state index in [4.69, 9.17) is 21.4 Å². The molecule has 1 saturated carbocycles. The number of nitrogens with one attached hydrogen (secondary N) is 2. The summed E-state index contributed by atoms with van der Waals surface area (Å²) in [7, 11) is 1.52. The summed E-state index contributed by atoms with van der Waals surface area (Å²) >= 11 is 6.00. The standard InChI is InChI=1S/C15H19ClN2O4/c1-22-13-7-6-11(8-12(13)16)18-15(21)17-10-4-2-9(3-5-10)14(19)20/h6-10H,2-5H2,1H3,(H,19,20)(H2,17,18,21). The summed E-state index contributed by atoms with van der Waals surface area (Å²) in [5.74, 6) is -0.503. The van der Waals surface area contributed by atoms with Crippen molar-refractivity contribution in [2.75, 3.05) is 12.4 Å². The monoisotopic (exact) mass is 326 g/mol. The van der Waals surface area contributed by atoms with Gasteiger partial charge in [0.1, 0.15) is 5.75 Å². The van der Waals surface area contributed by atoms with E-state index in [9.17, 15) is 9.59 Å². The summed E-state index contributed by atoms with van der Waals surface area (Å²) in [6.45, 7) is 0. The molecule has 6 nitrogen and oxygen atoms in total. The van der Waals surface area contributed by atoms with Crippen molar-refractivity contribution in [1.82, 2.24) is 5.32 Å². The molecule has 22 heavy (non-hydrogen) atoms. The Balaban J connectivity index is 1.83. The van der Waals surface area contributed by atoms with Gasteiger partial charge in [-0.2, -0.15) is 0 Å². The summed E-state index contributed by atoms with van der Waals surface area (Å²) in [4.78, 5) is 22.8. The SMILES string of the molecule is COc1ccc(NC(=O)NC2CCC(C(=O)O)CC2)cc1Cl. The Hall–Kier alpha value is -1.95. The molecule has 1 aliphatic rings. The van der Waals surface area contributed by atoms with Crippen LogP contribution in [0.1, 0.15) is 25.7 Å². The van der Waals surface area contributed by atoms with Gasteiger partial charge in [0.2, 0.25) is 0 Å². The van der Waals surface area contributed by atoms with Gasteiger partial charge in [0.25, 0.3) is 0 Å². The maximum absolute atomic E-state index is 11.9. The highest BCUT2D eigenvalue weighted by Gasteiger charge is 2.26. The number of rotatable bonds is 4. The average molecular weight is 327 g/mol. The zero-order valence-electron chi connectivity index (χ0n) is 12.3. The third kappa shape index (κ3) is 4.27. The van der Waals surface area contributed by atoms with Crippen LogP contribution in [-0.4, -0.2) is 30.3 Å². The lowest BCUT2D eigenvalue weighted by Crippen LogP contribution is -2.40. The van der Waals surface area contributed by atoms with Crippen molar-refractivity contribution in [1.29, 1.82) is 0 Å². The molecule has 0 heterocycles. The fourth-order valence-electron chi connectivity index (χ4n) is 2.58. The van der Waals surface area contributed by atoms with Gasteiger partial charge in [-0.25, -0.2) is 4.79 Å². The van der Waals surface area contributed by atoms with Crippen LogP contribution in [0.5, 0.6) is 5.75 Å². The lowest BCUT2D eigenvalue weighted by Gasteiger charge is -2.26. The number of hydrogen-bond donors (Lipinski definition) is 3. The zero-order chi connectivity index (χ0) is 16.1. The lowest BCUT2D eigenvalue weighted by molar-refractivity contribution is -0.142. The van der Waals surface area contributed by atoms with Crippen LogP contribution in [0.2, 0.25) is 5.02 Å². The number of amides is 2. The number of benzene rings is 1. The molecule has 1 fully saturated rings. The number of carboxylic acids is 1. The van der Waals surface area contributed by atoms with Crippen molar-refractivity contribution < 1.29 is 19.4 Å². The quantitative estimate of drug-likeness (QED) is 0.793. The van der Waals surface area contributed by atoms with Crippen LogP contribution in [0.15, 0.2) is 18.2 Å². The van der Waals surface area contributed by atoms with Gasteiger partial charge in [-0.1, -0.05) is 11.6 Å². The number of methoxy groups -OCH3 is 1. The minimum Gasteiger partial charge on any atom is -0.495 e. The molecule has 1 aromatic carbocycles. The number of hydrogen-bond acceptors (Lipinski definition) is 3. The minimum atomic E-state index is -0.754. The molecular formula is C15H19ClN2O4. The van der Waals surface area contributed by atoms with Crippen molar-refractivity contribution >= 4 is 29.3 Å². The van der Waals surface area contributed by atoms with Gasteiger partial charge in [-0.3, -0.25) is 4.79 Å². The number of anilines is 1. The number of aliphatic carboxylic acids is 1. The van der Waals surface area contributed by atoms with Crippen molar-refractivity contribution in [2.24, 2.45) is 5.92 Å². The van der Waals surface area contributed by atoms with Gasteiger partial charge in [0.15, 0.2) is 0 Å². The summed E-state index contributed by atoms with van der Waals surface area (Å²) < 4.78 is 5.05. The van der Waals surface area contributed by atoms with E-state index in [1.807, 2.05) is 0 Å². The molecule has 1 aliphatic carbocycles. The molecule has 0 bridgehead atoms. The Bertz CT molecular complexity index is 556. The van der Waals surface area contributed by atoms with Crippen LogP contribution < -0.4 is 15.4 Å². The second-order valence-electron chi connectivity index (χ2n) is 5.33. The van der Waals surface area contributed by atoms with Crippen LogP contribution in [0.25, 0.3) is 0 Å². The van der Waals surface area contributed by atoms with Gasteiger partial charge >= 0.3 is 12.0 Å². The Morgan fingerprint density at radius 3 is 2.50 bits per heavy atom. The van der Waals surface area contributed by atoms with Crippen LogP contribution in [0, 0.1) is 5.92 Å². The zero-order valence-corrected chi connectivity index (χ0v) is 13.0. The van der Waals surface area contributed by atoms with Crippen LogP contribution in [-0.2, 0) is 4.79 Å². The molecular weight excluding hydrogens is 308 g/mol. The van der Waals surface area contributed by atoms with E-state index in [1.54, 1.807) is 18.2 Å². The number of carbonyl (C=O) groups is 2. The molecule has 2 amide bonds. The molecule has 0 aromatic heterocycles. The largest absolute Gasteiger partial charge is 0.495 e. The Labute approximate surface area is 133 Å². The predicted molar refractivity (Wildman–Crippen MR) is 83.5 cm³/mol. The summed E-state index contributed by atoms with van der Waals surface area (Å²) in [6, 6.07) is 4.67. The van der Waals surface area contributed by atoms with Crippen LogP contribution in [0.3, 0.4) is 0 Å². The number of ether oxygens (including phenoxy) is 1. The van der Waals surface area contributed by atoms with Gasteiger partial charge in [-0.05, 0) is 43.9 Å². The first-order valence-corrected chi connectivity index (χ1v) is 7.51. The molecule has 0 radical (unpaired) electrons. The molecule has 0 spiro atoms. The highest BCUT2D eigenvalue weighted by Crippen LogP contribution is 2.27. The van der Waals surface area contributed by atoms with Gasteiger partial charge in [0.05, 0.1) is 18.1 Å². The topological polar surface area (TPSA) is 87.7 Å². The minimum absolute atomic E-state index is 0.00400. The average Bonchev–Trinajstić information content (AvgIpc) is 2.48. The molecule has 2 rings (SSSR count). The molecule has 0 unspecified atom stereocenters. The van der Waals surface area contributed by atoms with E-state index in [2.05, 4.69) is 10.6 Å². The van der Waals surface area contributed by atoms with E-state index < -0.39 is 5.97 Å². The number of carboxylic acid groups (broad SMARTS) is 1. The van der Waals surface area contributed by atoms with Gasteiger partial charge in [-0.15, -0.1) is 0 Å². The summed E-state index contributed by atoms with van der Waals surface area (Å²) in [6.07, 6.45) is 2.53. The van der Waals surface area contributed by atoms with E-state index in [0.29, 0.717) is 42.1 Å². The van der Waals surface area contributed by atoms with Crippen molar-refractivity contribution in [2.45, 2.75) is 31.7 Å². The highest BCUT2D eigenvalue weighted by atomic mass is 35.5. The van der Waals surface area contributed by atoms with E-state index >= 15 is 0 Å². The second kappa shape index (κ2) is 7.35. The maximum atomic E-state index is 11.9. The normalized spacial score (nSPS) is 21.0. The highest BCUT2D eigenvalue weighted by molar-refractivity contribution is 6.32. The van der Waals surface area contributed by atoms with Crippen molar-refractivity contribution in [3.05, 3.63) is 23.2 Å². The first-order chi connectivity index (χ1) is 10.5. The molecule has 7 heteroatoms. The van der Waals surface area contributed by atoms with Gasteiger partial charge in [0, 0.05) is 11.7 Å². The second-order valence-corrected chi connectivity index (χ2v) is 5.74. The van der Waals surface area contributed by atoms with Crippen LogP contribution in [0.4, 0.5) is 10.5 Å². The van der Waals surface area contributed by atoms with Crippen molar-refractivity contribution in [3.8, 4) is 5.75 Å². The molecule has 120 valence electrons. The first kappa shape index (κ1) is 16.4. The third-order valence-electron chi connectivity index (χ3n) is 3.82. The maximum Gasteiger partial charge on any atom is 0.319 e. The fourth-order valence-corrected chi connectivity index (χ4v) is 2.84. The Morgan fingerprint density at radius 1 is 1.27 bits per heavy atom. The molecule has 0 aliphatic heterocycles. The number of urea groups is 1.